The Bertz CT molecular complexity index is 847. The van der Waals surface area contributed by atoms with Crippen LogP contribution in [0.5, 0.6) is 0 Å². The van der Waals surface area contributed by atoms with Gasteiger partial charge in [-0.15, -0.1) is 0 Å². The Balaban J connectivity index is 2.37. The van der Waals surface area contributed by atoms with Crippen molar-refractivity contribution < 1.29 is 8.42 Å². The van der Waals surface area contributed by atoms with E-state index >= 15 is 0 Å². The number of benzene rings is 2. The van der Waals surface area contributed by atoms with Crippen molar-refractivity contribution in [3.8, 4) is 6.07 Å². The Morgan fingerprint density at radius 2 is 1.95 bits per heavy atom. The van der Waals surface area contributed by atoms with E-state index in [1.807, 2.05) is 6.07 Å². The van der Waals surface area contributed by atoms with Gasteiger partial charge in [-0.3, -0.25) is 4.72 Å². The molecule has 21 heavy (non-hydrogen) atoms. The lowest BCUT2D eigenvalue weighted by Gasteiger charge is -2.10. The van der Waals surface area contributed by atoms with Crippen molar-refractivity contribution >= 4 is 48.9 Å². The maximum Gasteiger partial charge on any atom is 0.261 e. The number of anilines is 2. The van der Waals surface area contributed by atoms with Gasteiger partial charge >= 0.3 is 0 Å². The minimum Gasteiger partial charge on any atom is -0.398 e. The molecule has 0 unspecified atom stereocenters. The Morgan fingerprint density at radius 1 is 1.24 bits per heavy atom. The number of sulfonamides is 1. The molecule has 0 aromatic heterocycles. The molecule has 3 N–H and O–H groups in total. The van der Waals surface area contributed by atoms with Gasteiger partial charge in [0.25, 0.3) is 10.0 Å². The van der Waals surface area contributed by atoms with Gasteiger partial charge < -0.3 is 5.73 Å². The fraction of sp³-hybridized carbons (Fsp3) is 0. The normalized spacial score (nSPS) is 10.9. The molecule has 0 saturated carbocycles. The molecule has 2 rings (SSSR count). The zero-order valence-electron chi connectivity index (χ0n) is 10.5. The van der Waals surface area contributed by atoms with Crippen molar-refractivity contribution in [2.75, 3.05) is 10.5 Å². The number of nitrogen functional groups attached to an aromatic ring is 1. The predicted molar refractivity (Wildman–Crippen MR) is 85.5 cm³/mol. The zero-order chi connectivity index (χ0) is 15.6. The van der Waals surface area contributed by atoms with Gasteiger partial charge in [-0.2, -0.15) is 5.26 Å². The third-order valence-corrected chi connectivity index (χ3v) is 4.99. The van der Waals surface area contributed by atoms with Gasteiger partial charge in [0.15, 0.2) is 0 Å². The number of rotatable bonds is 3. The molecule has 108 valence electrons. The van der Waals surface area contributed by atoms with E-state index in [1.165, 1.54) is 36.4 Å². The summed E-state index contributed by atoms with van der Waals surface area (Å²) in [6.45, 7) is 0. The Kier molecular flexibility index (Phi) is 4.42. The van der Waals surface area contributed by atoms with Crippen LogP contribution in [0.4, 0.5) is 11.4 Å². The fourth-order valence-corrected chi connectivity index (χ4v) is 3.47. The Hall–Kier alpha value is -1.75. The molecule has 0 radical (unpaired) electrons. The van der Waals surface area contributed by atoms with Crippen molar-refractivity contribution in [3.63, 3.8) is 0 Å². The van der Waals surface area contributed by atoms with Crippen molar-refractivity contribution in [1.82, 2.24) is 0 Å². The quantitative estimate of drug-likeness (QED) is 0.791. The molecule has 5 nitrogen and oxygen atoms in total. The minimum atomic E-state index is -3.80. The van der Waals surface area contributed by atoms with Crippen LogP contribution in [0.3, 0.4) is 0 Å². The molecule has 0 aliphatic heterocycles. The molecule has 0 saturated heterocycles. The number of nitrogens with two attached hydrogens (primary N) is 1. The maximum atomic E-state index is 12.3. The number of nitriles is 1. The van der Waals surface area contributed by atoms with Crippen LogP contribution in [0.2, 0.25) is 5.02 Å². The molecule has 0 aliphatic carbocycles. The van der Waals surface area contributed by atoms with Crippen molar-refractivity contribution in [3.05, 3.63) is 51.5 Å². The zero-order valence-corrected chi connectivity index (χ0v) is 13.6. The summed E-state index contributed by atoms with van der Waals surface area (Å²) in [6.07, 6.45) is 0. The van der Waals surface area contributed by atoms with Gasteiger partial charge in [0.05, 0.1) is 27.2 Å². The first kappa shape index (κ1) is 15.6. The predicted octanol–water partition coefficient (Wildman–Crippen LogP) is 3.36. The Labute approximate surface area is 135 Å². The summed E-state index contributed by atoms with van der Waals surface area (Å²) < 4.78 is 27.4. The van der Waals surface area contributed by atoms with Gasteiger partial charge in [-0.05, 0) is 52.3 Å². The summed E-state index contributed by atoms with van der Waals surface area (Å²) in [6, 6.07) is 10.5. The van der Waals surface area contributed by atoms with Gasteiger partial charge in [-0.1, -0.05) is 11.6 Å². The van der Waals surface area contributed by atoms with Crippen molar-refractivity contribution in [2.45, 2.75) is 4.90 Å². The summed E-state index contributed by atoms with van der Waals surface area (Å²) in [5.74, 6) is 0. The topological polar surface area (TPSA) is 96.0 Å². The van der Waals surface area contributed by atoms with E-state index in [2.05, 4.69) is 20.7 Å². The van der Waals surface area contributed by atoms with Crippen LogP contribution < -0.4 is 10.5 Å². The molecule has 0 fully saturated rings. The maximum absolute atomic E-state index is 12.3. The van der Waals surface area contributed by atoms with Crippen LogP contribution in [0.1, 0.15) is 5.56 Å². The summed E-state index contributed by atoms with van der Waals surface area (Å²) in [5.41, 5.74) is 6.61. The second-order valence-corrected chi connectivity index (χ2v) is 7.04. The SMILES string of the molecule is N#Cc1ccc(NS(=O)(=O)c2ccc(N)c(Br)c2)c(Cl)c1. The van der Waals surface area contributed by atoms with E-state index in [-0.39, 0.29) is 15.6 Å². The van der Waals surface area contributed by atoms with E-state index < -0.39 is 10.0 Å². The lowest BCUT2D eigenvalue weighted by Crippen LogP contribution is -2.13. The molecule has 0 heterocycles. The highest BCUT2D eigenvalue weighted by atomic mass is 79.9. The molecular formula is C13H9BrClN3O2S. The van der Waals surface area contributed by atoms with Crippen LogP contribution in [0.25, 0.3) is 0 Å². The van der Waals surface area contributed by atoms with Gasteiger partial charge in [0.2, 0.25) is 0 Å². The number of hydrogen-bond acceptors (Lipinski definition) is 4. The molecule has 2 aromatic carbocycles. The summed E-state index contributed by atoms with van der Waals surface area (Å²) >= 11 is 9.13. The summed E-state index contributed by atoms with van der Waals surface area (Å²) in [4.78, 5) is 0.0454. The fourth-order valence-electron chi connectivity index (χ4n) is 1.55. The first-order valence-electron chi connectivity index (χ1n) is 5.61. The average molecular weight is 387 g/mol. The van der Waals surface area contributed by atoms with Crippen LogP contribution in [-0.4, -0.2) is 8.42 Å². The van der Waals surface area contributed by atoms with E-state index in [0.717, 1.165) is 0 Å². The largest absolute Gasteiger partial charge is 0.398 e. The number of nitrogens with zero attached hydrogens (tertiary/aromatic N) is 1. The molecule has 8 heteroatoms. The first-order chi connectivity index (χ1) is 9.83. The highest BCUT2D eigenvalue weighted by Gasteiger charge is 2.17. The van der Waals surface area contributed by atoms with Gasteiger partial charge in [0, 0.05) is 10.2 Å². The standard InChI is InChI=1S/C13H9BrClN3O2S/c14-10-6-9(2-3-12(10)17)21(19,20)18-13-4-1-8(7-16)5-11(13)15/h1-6,18H,17H2. The number of halogens is 2. The van der Waals surface area contributed by atoms with Crippen LogP contribution in [0.15, 0.2) is 45.8 Å². The molecule has 0 amide bonds. The molecule has 0 atom stereocenters. The highest BCUT2D eigenvalue weighted by molar-refractivity contribution is 9.10. The Morgan fingerprint density at radius 3 is 2.52 bits per heavy atom. The molecular weight excluding hydrogens is 378 g/mol. The molecule has 0 bridgehead atoms. The number of hydrogen-bond donors (Lipinski definition) is 2. The smallest absolute Gasteiger partial charge is 0.261 e. The van der Waals surface area contributed by atoms with E-state index in [1.54, 1.807) is 0 Å². The molecule has 0 aliphatic rings. The minimum absolute atomic E-state index is 0.0454. The van der Waals surface area contributed by atoms with Gasteiger partial charge in [-0.25, -0.2) is 8.42 Å². The first-order valence-corrected chi connectivity index (χ1v) is 8.26. The molecule has 2 aromatic rings. The van der Waals surface area contributed by atoms with Crippen LogP contribution >= 0.6 is 27.5 Å². The van der Waals surface area contributed by atoms with E-state index in [0.29, 0.717) is 15.7 Å². The monoisotopic (exact) mass is 385 g/mol. The summed E-state index contributed by atoms with van der Waals surface area (Å²) in [5, 5.41) is 8.90. The third kappa shape index (κ3) is 3.47. The van der Waals surface area contributed by atoms with Crippen molar-refractivity contribution in [2.24, 2.45) is 0 Å². The second kappa shape index (κ2) is 5.93. The van der Waals surface area contributed by atoms with Crippen molar-refractivity contribution in [1.29, 1.82) is 5.26 Å². The summed E-state index contributed by atoms with van der Waals surface area (Å²) in [7, 11) is -3.80. The highest BCUT2D eigenvalue weighted by Crippen LogP contribution is 2.28. The third-order valence-electron chi connectivity index (χ3n) is 2.62. The van der Waals surface area contributed by atoms with Crippen LogP contribution in [0, 0.1) is 11.3 Å². The average Bonchev–Trinajstić information content (AvgIpc) is 2.43. The second-order valence-electron chi connectivity index (χ2n) is 4.10. The van der Waals surface area contributed by atoms with E-state index in [4.69, 9.17) is 22.6 Å². The molecule has 0 spiro atoms. The lowest BCUT2D eigenvalue weighted by molar-refractivity contribution is 0.601. The van der Waals surface area contributed by atoms with E-state index in [9.17, 15) is 8.42 Å². The van der Waals surface area contributed by atoms with Crippen LogP contribution in [-0.2, 0) is 10.0 Å². The van der Waals surface area contributed by atoms with Gasteiger partial charge in [0.1, 0.15) is 0 Å². The lowest BCUT2D eigenvalue weighted by atomic mass is 10.2. The number of nitrogens with one attached hydrogen (secondary N) is 1.